The zero-order valence-electron chi connectivity index (χ0n) is 12.8. The lowest BCUT2D eigenvalue weighted by Gasteiger charge is -2.26. The topological polar surface area (TPSA) is 51.5 Å². The molecule has 0 aliphatic carbocycles. The van der Waals surface area contributed by atoms with Crippen LogP contribution >= 0.6 is 0 Å². The molecule has 0 aromatic carbocycles. The van der Waals surface area contributed by atoms with Gasteiger partial charge in [0.05, 0.1) is 23.5 Å². The van der Waals surface area contributed by atoms with Crippen LogP contribution in [-0.4, -0.2) is 33.9 Å². The highest BCUT2D eigenvalue weighted by Crippen LogP contribution is 2.26. The summed E-state index contributed by atoms with van der Waals surface area (Å²) in [5.41, 5.74) is 2.16. The molecule has 5 nitrogen and oxygen atoms in total. The number of methoxy groups -OCH3 is 1. The first-order valence-electron chi connectivity index (χ1n) is 7.13. The molecule has 20 heavy (non-hydrogen) atoms. The molecule has 1 atom stereocenters. The van der Waals surface area contributed by atoms with E-state index in [4.69, 9.17) is 4.74 Å². The summed E-state index contributed by atoms with van der Waals surface area (Å²) >= 11 is 0. The minimum atomic E-state index is -0.102. The molecule has 0 spiro atoms. The lowest BCUT2D eigenvalue weighted by Crippen LogP contribution is -2.27. The van der Waals surface area contributed by atoms with Crippen LogP contribution in [0.15, 0.2) is 24.8 Å². The number of fused-ring (bicyclic) bond motifs is 1. The predicted molar refractivity (Wildman–Crippen MR) is 79.7 cm³/mol. The van der Waals surface area contributed by atoms with E-state index in [1.54, 1.807) is 13.3 Å². The Morgan fingerprint density at radius 2 is 2.20 bits per heavy atom. The van der Waals surface area contributed by atoms with E-state index in [0.717, 1.165) is 24.9 Å². The van der Waals surface area contributed by atoms with Crippen LogP contribution in [0.4, 0.5) is 0 Å². The highest BCUT2D eigenvalue weighted by Gasteiger charge is 2.21. The summed E-state index contributed by atoms with van der Waals surface area (Å²) < 4.78 is 7.38. The summed E-state index contributed by atoms with van der Waals surface area (Å²) in [6.45, 7) is 7.29. The smallest absolute Gasteiger partial charge is 0.0892 e. The SMILES string of the molecule is CCNC(CCC(C)(C)OC)c1cnn2ccncc12. The van der Waals surface area contributed by atoms with Crippen molar-refractivity contribution in [3.63, 3.8) is 0 Å². The average Bonchev–Trinajstić information content (AvgIpc) is 2.87. The maximum Gasteiger partial charge on any atom is 0.0892 e. The molecule has 2 heterocycles. The number of ether oxygens (including phenoxy) is 1. The third kappa shape index (κ3) is 3.35. The van der Waals surface area contributed by atoms with Gasteiger partial charge >= 0.3 is 0 Å². The van der Waals surface area contributed by atoms with Crippen molar-refractivity contribution in [3.8, 4) is 0 Å². The van der Waals surface area contributed by atoms with Crippen molar-refractivity contribution in [1.29, 1.82) is 0 Å². The number of aromatic nitrogens is 3. The largest absolute Gasteiger partial charge is 0.379 e. The second-order valence-corrected chi connectivity index (χ2v) is 5.62. The number of hydrogen-bond donors (Lipinski definition) is 1. The molecule has 5 heteroatoms. The number of hydrogen-bond acceptors (Lipinski definition) is 4. The van der Waals surface area contributed by atoms with E-state index in [9.17, 15) is 0 Å². The molecule has 2 rings (SSSR count). The van der Waals surface area contributed by atoms with E-state index in [1.807, 2.05) is 23.1 Å². The van der Waals surface area contributed by atoms with E-state index in [-0.39, 0.29) is 11.6 Å². The number of nitrogens with zero attached hydrogens (tertiary/aromatic N) is 3. The van der Waals surface area contributed by atoms with Gasteiger partial charge in [-0.25, -0.2) is 4.52 Å². The van der Waals surface area contributed by atoms with Gasteiger partial charge in [-0.3, -0.25) is 4.98 Å². The molecule has 2 aromatic rings. The van der Waals surface area contributed by atoms with Crippen molar-refractivity contribution >= 4 is 5.52 Å². The van der Waals surface area contributed by atoms with Crippen molar-refractivity contribution < 1.29 is 4.74 Å². The van der Waals surface area contributed by atoms with E-state index in [2.05, 4.69) is 36.2 Å². The Labute approximate surface area is 120 Å². The first-order valence-corrected chi connectivity index (χ1v) is 7.13. The van der Waals surface area contributed by atoms with Gasteiger partial charge in [0.2, 0.25) is 0 Å². The van der Waals surface area contributed by atoms with Crippen molar-refractivity contribution in [2.24, 2.45) is 0 Å². The van der Waals surface area contributed by atoms with Gasteiger partial charge in [0.25, 0.3) is 0 Å². The van der Waals surface area contributed by atoms with Gasteiger partial charge in [0, 0.05) is 31.1 Å². The van der Waals surface area contributed by atoms with Crippen molar-refractivity contribution in [2.45, 2.75) is 45.3 Å². The lowest BCUT2D eigenvalue weighted by molar-refractivity contribution is 0.0117. The molecular formula is C15H24N4O. The molecule has 0 bridgehead atoms. The van der Waals surface area contributed by atoms with Crippen LogP contribution in [0.1, 0.15) is 45.2 Å². The maximum atomic E-state index is 5.51. The van der Waals surface area contributed by atoms with Crippen LogP contribution in [0.3, 0.4) is 0 Å². The Hall–Kier alpha value is -1.46. The van der Waals surface area contributed by atoms with Gasteiger partial charge in [-0.15, -0.1) is 0 Å². The Morgan fingerprint density at radius 1 is 1.40 bits per heavy atom. The fourth-order valence-electron chi connectivity index (χ4n) is 2.33. The van der Waals surface area contributed by atoms with Crippen molar-refractivity contribution in [2.75, 3.05) is 13.7 Å². The molecular weight excluding hydrogens is 252 g/mol. The molecule has 1 N–H and O–H groups in total. The molecule has 110 valence electrons. The molecule has 2 aromatic heterocycles. The summed E-state index contributed by atoms with van der Waals surface area (Å²) in [6.07, 6.45) is 9.42. The standard InChI is InChI=1S/C15H24N4O/c1-5-17-13(6-7-15(2,3)20-4)12-10-18-19-9-8-16-11-14(12)19/h8-11,13,17H,5-7H2,1-4H3. The summed E-state index contributed by atoms with van der Waals surface area (Å²) in [5, 5.41) is 7.93. The monoisotopic (exact) mass is 276 g/mol. The molecule has 0 fully saturated rings. The van der Waals surface area contributed by atoms with Crippen LogP contribution < -0.4 is 5.32 Å². The van der Waals surface area contributed by atoms with Gasteiger partial charge < -0.3 is 10.1 Å². The fraction of sp³-hybridized carbons (Fsp3) is 0.600. The van der Waals surface area contributed by atoms with Gasteiger partial charge in [0.1, 0.15) is 0 Å². The van der Waals surface area contributed by atoms with Crippen LogP contribution in [-0.2, 0) is 4.74 Å². The Balaban J connectivity index is 2.20. The van der Waals surface area contributed by atoms with Gasteiger partial charge in [-0.2, -0.15) is 5.10 Å². The minimum Gasteiger partial charge on any atom is -0.379 e. The highest BCUT2D eigenvalue weighted by molar-refractivity contribution is 5.53. The molecule has 0 aliphatic heterocycles. The van der Waals surface area contributed by atoms with Gasteiger partial charge in [-0.05, 0) is 33.2 Å². The third-order valence-corrected chi connectivity index (χ3v) is 3.77. The minimum absolute atomic E-state index is 0.102. The molecule has 1 unspecified atom stereocenters. The van der Waals surface area contributed by atoms with E-state index in [0.29, 0.717) is 0 Å². The van der Waals surface area contributed by atoms with E-state index >= 15 is 0 Å². The first kappa shape index (κ1) is 14.9. The van der Waals surface area contributed by atoms with E-state index in [1.165, 1.54) is 5.56 Å². The first-order chi connectivity index (χ1) is 9.57. The van der Waals surface area contributed by atoms with Crippen LogP contribution in [0.25, 0.3) is 5.52 Å². The zero-order valence-corrected chi connectivity index (χ0v) is 12.8. The second-order valence-electron chi connectivity index (χ2n) is 5.62. The zero-order chi connectivity index (χ0) is 14.6. The number of nitrogens with one attached hydrogen (secondary N) is 1. The molecule has 0 radical (unpaired) electrons. The third-order valence-electron chi connectivity index (χ3n) is 3.77. The predicted octanol–water partition coefficient (Wildman–Crippen LogP) is 2.59. The average molecular weight is 276 g/mol. The molecule has 0 saturated carbocycles. The maximum absolute atomic E-state index is 5.51. The normalized spacial score (nSPS) is 13.8. The summed E-state index contributed by atoms with van der Waals surface area (Å²) in [6, 6.07) is 0.274. The summed E-state index contributed by atoms with van der Waals surface area (Å²) in [7, 11) is 1.77. The molecule has 0 amide bonds. The Bertz CT molecular complexity index is 550. The van der Waals surface area contributed by atoms with Gasteiger partial charge in [0.15, 0.2) is 0 Å². The van der Waals surface area contributed by atoms with Crippen LogP contribution in [0.2, 0.25) is 0 Å². The van der Waals surface area contributed by atoms with Gasteiger partial charge in [-0.1, -0.05) is 6.92 Å². The number of rotatable bonds is 7. The van der Waals surface area contributed by atoms with Crippen LogP contribution in [0, 0.1) is 0 Å². The molecule has 0 saturated heterocycles. The summed E-state index contributed by atoms with van der Waals surface area (Å²) in [5.74, 6) is 0. The van der Waals surface area contributed by atoms with Crippen molar-refractivity contribution in [1.82, 2.24) is 19.9 Å². The quantitative estimate of drug-likeness (QED) is 0.844. The molecule has 0 aliphatic rings. The van der Waals surface area contributed by atoms with E-state index < -0.39 is 0 Å². The summed E-state index contributed by atoms with van der Waals surface area (Å²) in [4.78, 5) is 4.20. The highest BCUT2D eigenvalue weighted by atomic mass is 16.5. The lowest BCUT2D eigenvalue weighted by atomic mass is 9.95. The van der Waals surface area contributed by atoms with Crippen LogP contribution in [0.5, 0.6) is 0 Å². The second kappa shape index (κ2) is 6.33. The van der Waals surface area contributed by atoms with Crippen molar-refractivity contribution in [3.05, 3.63) is 30.4 Å². The fourth-order valence-corrected chi connectivity index (χ4v) is 2.33. The Kier molecular flexibility index (Phi) is 4.73. The Morgan fingerprint density at radius 3 is 2.90 bits per heavy atom.